The summed E-state index contributed by atoms with van der Waals surface area (Å²) in [5.41, 5.74) is -0.395. The van der Waals surface area contributed by atoms with E-state index in [1.165, 1.54) is 18.2 Å². The largest absolute Gasteiger partial charge is 0.416 e. The van der Waals surface area contributed by atoms with Crippen molar-refractivity contribution in [3.8, 4) is 0 Å². The Bertz CT molecular complexity index is 413. The molecule has 0 aromatic heterocycles. The van der Waals surface area contributed by atoms with Crippen molar-refractivity contribution >= 4 is 5.57 Å². The lowest BCUT2D eigenvalue weighted by Gasteiger charge is -2.11. The van der Waals surface area contributed by atoms with E-state index in [1.54, 1.807) is 24.3 Å². The molecule has 0 aliphatic heterocycles. The van der Waals surface area contributed by atoms with Gasteiger partial charge < -0.3 is 0 Å². The van der Waals surface area contributed by atoms with Gasteiger partial charge in [0, 0.05) is 0 Å². The predicted molar refractivity (Wildman–Crippen MR) is 73.8 cm³/mol. The molecule has 0 aliphatic carbocycles. The lowest BCUT2D eigenvalue weighted by atomic mass is 10.0. The summed E-state index contributed by atoms with van der Waals surface area (Å²) in [7, 11) is 0. The van der Waals surface area contributed by atoms with Crippen LogP contribution < -0.4 is 0 Å². The van der Waals surface area contributed by atoms with Gasteiger partial charge in [-0.05, 0) is 24.5 Å². The molecule has 0 saturated heterocycles. The average Bonchev–Trinajstić information content (AvgIpc) is 2.37. The van der Waals surface area contributed by atoms with E-state index in [1.807, 2.05) is 0 Å². The van der Waals surface area contributed by atoms with Crippen molar-refractivity contribution in [3.05, 3.63) is 54.1 Å². The molecule has 19 heavy (non-hydrogen) atoms. The standard InChI is InChI=1S/C16H19F3/c1-2-3-4-5-6-10-13-15(16(17,18)19)14-11-8-7-9-12-14/h6-13H,2-5H2,1H3/b10-6+,15-13+. The molecule has 0 radical (unpaired) electrons. The number of halogens is 3. The Morgan fingerprint density at radius 3 is 2.37 bits per heavy atom. The highest BCUT2D eigenvalue weighted by Crippen LogP contribution is 2.33. The zero-order chi connectivity index (χ0) is 14.1. The van der Waals surface area contributed by atoms with E-state index in [4.69, 9.17) is 0 Å². The Balaban J connectivity index is 2.76. The molecule has 0 bridgehead atoms. The van der Waals surface area contributed by atoms with Gasteiger partial charge >= 0.3 is 6.18 Å². The molecule has 0 aliphatic rings. The maximum Gasteiger partial charge on any atom is 0.416 e. The van der Waals surface area contributed by atoms with E-state index in [2.05, 4.69) is 6.92 Å². The minimum Gasteiger partial charge on any atom is -0.166 e. The van der Waals surface area contributed by atoms with Crippen LogP contribution in [0.15, 0.2) is 48.6 Å². The van der Waals surface area contributed by atoms with Gasteiger partial charge in [-0.1, -0.05) is 62.2 Å². The number of unbranched alkanes of at least 4 members (excludes halogenated alkanes) is 3. The van der Waals surface area contributed by atoms with Gasteiger partial charge in [0.2, 0.25) is 0 Å². The molecule has 3 heteroatoms. The highest BCUT2D eigenvalue weighted by atomic mass is 19.4. The van der Waals surface area contributed by atoms with Gasteiger partial charge in [0.05, 0.1) is 5.57 Å². The lowest BCUT2D eigenvalue weighted by molar-refractivity contribution is -0.0689. The van der Waals surface area contributed by atoms with Crippen LogP contribution in [0.2, 0.25) is 0 Å². The molecule has 0 nitrogen and oxygen atoms in total. The SMILES string of the molecule is CCCCC/C=C/C=C(\c1ccccc1)C(F)(F)F. The van der Waals surface area contributed by atoms with Gasteiger partial charge in [0.25, 0.3) is 0 Å². The van der Waals surface area contributed by atoms with Gasteiger partial charge in [-0.15, -0.1) is 0 Å². The normalized spacial score (nSPS) is 13.2. The second-order valence-electron chi connectivity index (χ2n) is 4.37. The molecular formula is C16H19F3. The number of benzene rings is 1. The minimum absolute atomic E-state index is 0.202. The third-order valence-corrected chi connectivity index (χ3v) is 2.76. The molecule has 0 unspecified atom stereocenters. The molecule has 1 aromatic rings. The summed E-state index contributed by atoms with van der Waals surface area (Å²) in [4.78, 5) is 0. The van der Waals surface area contributed by atoms with Crippen molar-refractivity contribution in [3.63, 3.8) is 0 Å². The Hall–Kier alpha value is -1.51. The van der Waals surface area contributed by atoms with Gasteiger partial charge in [-0.2, -0.15) is 13.2 Å². The van der Waals surface area contributed by atoms with Crippen LogP contribution >= 0.6 is 0 Å². The quantitative estimate of drug-likeness (QED) is 0.454. The van der Waals surface area contributed by atoms with E-state index in [0.717, 1.165) is 31.8 Å². The molecule has 0 spiro atoms. The highest BCUT2D eigenvalue weighted by Gasteiger charge is 2.33. The van der Waals surface area contributed by atoms with Crippen LogP contribution in [0.25, 0.3) is 5.57 Å². The molecule has 0 amide bonds. The van der Waals surface area contributed by atoms with E-state index in [0.29, 0.717) is 0 Å². The first kappa shape index (κ1) is 15.5. The fraction of sp³-hybridized carbons (Fsp3) is 0.375. The summed E-state index contributed by atoms with van der Waals surface area (Å²) < 4.78 is 38.8. The van der Waals surface area contributed by atoms with Crippen LogP contribution in [0, 0.1) is 0 Å². The fourth-order valence-electron chi connectivity index (χ4n) is 1.74. The summed E-state index contributed by atoms with van der Waals surface area (Å²) >= 11 is 0. The zero-order valence-electron chi connectivity index (χ0n) is 11.1. The number of rotatable bonds is 6. The van der Waals surface area contributed by atoms with E-state index >= 15 is 0 Å². The number of hydrogen-bond acceptors (Lipinski definition) is 0. The minimum atomic E-state index is -4.32. The van der Waals surface area contributed by atoms with Crippen molar-refractivity contribution in [1.82, 2.24) is 0 Å². The molecule has 0 atom stereocenters. The molecule has 104 valence electrons. The topological polar surface area (TPSA) is 0 Å². The molecule has 0 heterocycles. The van der Waals surface area contributed by atoms with Crippen LogP contribution in [-0.2, 0) is 0 Å². The van der Waals surface area contributed by atoms with Crippen LogP contribution in [0.4, 0.5) is 13.2 Å². The van der Waals surface area contributed by atoms with Crippen molar-refractivity contribution in [2.75, 3.05) is 0 Å². The first-order valence-electron chi connectivity index (χ1n) is 6.55. The third-order valence-electron chi connectivity index (χ3n) is 2.76. The first-order chi connectivity index (χ1) is 9.05. The number of hydrogen-bond donors (Lipinski definition) is 0. The molecule has 1 aromatic carbocycles. The smallest absolute Gasteiger partial charge is 0.166 e. The zero-order valence-corrected chi connectivity index (χ0v) is 11.1. The second-order valence-corrected chi connectivity index (χ2v) is 4.37. The maximum atomic E-state index is 12.9. The van der Waals surface area contributed by atoms with Crippen molar-refractivity contribution in [2.24, 2.45) is 0 Å². The lowest BCUT2D eigenvalue weighted by Crippen LogP contribution is -2.10. The molecule has 0 fully saturated rings. The van der Waals surface area contributed by atoms with Gasteiger partial charge in [0.15, 0.2) is 0 Å². The van der Waals surface area contributed by atoms with Gasteiger partial charge in [-0.3, -0.25) is 0 Å². The first-order valence-corrected chi connectivity index (χ1v) is 6.55. The van der Waals surface area contributed by atoms with E-state index in [-0.39, 0.29) is 5.56 Å². The Labute approximate surface area is 112 Å². The average molecular weight is 268 g/mol. The van der Waals surface area contributed by atoms with Gasteiger partial charge in [0.1, 0.15) is 0 Å². The van der Waals surface area contributed by atoms with Crippen LogP contribution in [0.1, 0.15) is 38.2 Å². The summed E-state index contributed by atoms with van der Waals surface area (Å²) in [6.45, 7) is 2.10. The molecule has 1 rings (SSSR count). The Morgan fingerprint density at radius 1 is 1.11 bits per heavy atom. The fourth-order valence-corrected chi connectivity index (χ4v) is 1.74. The summed E-state index contributed by atoms with van der Waals surface area (Å²) in [6, 6.07) is 7.88. The highest BCUT2D eigenvalue weighted by molar-refractivity contribution is 5.70. The van der Waals surface area contributed by atoms with Crippen LogP contribution in [-0.4, -0.2) is 6.18 Å². The summed E-state index contributed by atoms with van der Waals surface area (Å²) in [6.07, 6.45) is 4.20. The Kier molecular flexibility index (Phi) is 6.40. The molecular weight excluding hydrogens is 249 g/mol. The monoisotopic (exact) mass is 268 g/mol. The second kappa shape index (κ2) is 7.82. The van der Waals surface area contributed by atoms with E-state index in [9.17, 15) is 13.2 Å². The number of allylic oxidation sites excluding steroid dienone is 4. The maximum absolute atomic E-state index is 12.9. The number of alkyl halides is 3. The van der Waals surface area contributed by atoms with Crippen LogP contribution in [0.3, 0.4) is 0 Å². The van der Waals surface area contributed by atoms with Crippen molar-refractivity contribution < 1.29 is 13.2 Å². The van der Waals surface area contributed by atoms with Gasteiger partial charge in [-0.25, -0.2) is 0 Å². The summed E-state index contributed by atoms with van der Waals surface area (Å²) in [5, 5.41) is 0. The van der Waals surface area contributed by atoms with Crippen LogP contribution in [0.5, 0.6) is 0 Å². The van der Waals surface area contributed by atoms with E-state index < -0.39 is 11.7 Å². The summed E-state index contributed by atoms with van der Waals surface area (Å²) in [5.74, 6) is 0. The molecule has 0 N–H and O–H groups in total. The molecule has 0 saturated carbocycles. The van der Waals surface area contributed by atoms with Crippen molar-refractivity contribution in [1.29, 1.82) is 0 Å². The van der Waals surface area contributed by atoms with Crippen molar-refractivity contribution in [2.45, 2.75) is 38.8 Å². The predicted octanol–water partition coefficient (Wildman–Crippen LogP) is 5.77. The Morgan fingerprint density at radius 2 is 1.79 bits per heavy atom. The third kappa shape index (κ3) is 5.77.